The van der Waals surface area contributed by atoms with Crippen LogP contribution in [0.4, 0.5) is 6.01 Å². The van der Waals surface area contributed by atoms with E-state index in [0.29, 0.717) is 35.8 Å². The summed E-state index contributed by atoms with van der Waals surface area (Å²) in [5, 5.41) is 10.4. The number of anilines is 1. The molecule has 0 radical (unpaired) electrons. The van der Waals surface area contributed by atoms with Gasteiger partial charge in [0.25, 0.3) is 0 Å². The van der Waals surface area contributed by atoms with Gasteiger partial charge in [0.15, 0.2) is 21.3 Å². The van der Waals surface area contributed by atoms with Gasteiger partial charge in [0, 0.05) is 11.8 Å². The van der Waals surface area contributed by atoms with Crippen LogP contribution >= 0.6 is 0 Å². The number of carbonyl (C=O) groups excluding carboxylic acids is 1. The fraction of sp³-hybridized carbons (Fsp3) is 0.286. The summed E-state index contributed by atoms with van der Waals surface area (Å²) < 4.78 is 39.7. The van der Waals surface area contributed by atoms with Crippen LogP contribution in [0.25, 0.3) is 11.5 Å². The van der Waals surface area contributed by atoms with E-state index in [1.54, 1.807) is 30.3 Å². The maximum atomic E-state index is 12.3. The molecule has 10 heteroatoms. The van der Waals surface area contributed by atoms with E-state index in [2.05, 4.69) is 15.5 Å². The number of rotatable bonds is 9. The van der Waals surface area contributed by atoms with Crippen LogP contribution in [0, 0.1) is 0 Å². The van der Waals surface area contributed by atoms with Gasteiger partial charge >= 0.3 is 6.01 Å². The van der Waals surface area contributed by atoms with E-state index in [1.807, 2.05) is 13.8 Å². The average Bonchev–Trinajstić information content (AvgIpc) is 3.17. The van der Waals surface area contributed by atoms with Crippen molar-refractivity contribution in [2.24, 2.45) is 0 Å². The normalized spacial score (nSPS) is 11.2. The number of benzene rings is 2. The first-order chi connectivity index (χ1) is 14.8. The standard InChI is InChI=1S/C21H23N3O6S/c1-4-28-17-11-8-15(13-18(17)29-5-2)20-23-24-21(30-20)22-19(25)12-14-6-9-16(10-7-14)31(3,26)27/h6-11,13H,4-5,12H2,1-3H3,(H,22,24,25). The number of hydrogen-bond acceptors (Lipinski definition) is 8. The Morgan fingerprint density at radius 2 is 1.68 bits per heavy atom. The third-order valence-electron chi connectivity index (χ3n) is 4.18. The third-order valence-corrected chi connectivity index (χ3v) is 5.31. The number of aromatic nitrogens is 2. The van der Waals surface area contributed by atoms with Crippen molar-refractivity contribution in [1.29, 1.82) is 0 Å². The number of nitrogens with one attached hydrogen (secondary N) is 1. The van der Waals surface area contributed by atoms with Crippen molar-refractivity contribution >= 4 is 21.8 Å². The van der Waals surface area contributed by atoms with Gasteiger partial charge in [0.05, 0.1) is 24.5 Å². The van der Waals surface area contributed by atoms with Crippen LogP contribution in [0.2, 0.25) is 0 Å². The maximum absolute atomic E-state index is 12.3. The molecule has 164 valence electrons. The SMILES string of the molecule is CCOc1ccc(-c2nnc(NC(=O)Cc3ccc(S(C)(=O)=O)cc3)o2)cc1OCC. The predicted molar refractivity (Wildman–Crippen MR) is 114 cm³/mol. The molecule has 0 aliphatic heterocycles. The monoisotopic (exact) mass is 445 g/mol. The summed E-state index contributed by atoms with van der Waals surface area (Å²) in [6, 6.07) is 11.3. The van der Waals surface area contributed by atoms with E-state index in [9.17, 15) is 13.2 Å². The summed E-state index contributed by atoms with van der Waals surface area (Å²) >= 11 is 0. The molecule has 1 heterocycles. The van der Waals surface area contributed by atoms with Gasteiger partial charge in [-0.15, -0.1) is 5.10 Å². The van der Waals surface area contributed by atoms with E-state index in [0.717, 1.165) is 6.26 Å². The van der Waals surface area contributed by atoms with E-state index in [1.165, 1.54) is 12.1 Å². The summed E-state index contributed by atoms with van der Waals surface area (Å²) in [7, 11) is -3.28. The lowest BCUT2D eigenvalue weighted by Gasteiger charge is -2.11. The lowest BCUT2D eigenvalue weighted by atomic mass is 10.1. The molecule has 0 unspecified atom stereocenters. The second kappa shape index (κ2) is 9.61. The Labute approximate surface area is 180 Å². The summed E-state index contributed by atoms with van der Waals surface area (Å²) in [5.74, 6) is 1.02. The number of hydrogen-bond donors (Lipinski definition) is 1. The van der Waals surface area contributed by atoms with Crippen molar-refractivity contribution < 1.29 is 27.1 Å². The minimum absolute atomic E-state index is 0.0271. The summed E-state index contributed by atoms with van der Waals surface area (Å²) in [4.78, 5) is 12.5. The zero-order valence-corrected chi connectivity index (χ0v) is 18.2. The van der Waals surface area contributed by atoms with Gasteiger partial charge in [-0.3, -0.25) is 10.1 Å². The molecular formula is C21H23N3O6S. The molecule has 0 saturated heterocycles. The molecule has 0 spiro atoms. The first-order valence-electron chi connectivity index (χ1n) is 9.62. The van der Waals surface area contributed by atoms with Gasteiger partial charge in [-0.05, 0) is 49.7 Å². The van der Waals surface area contributed by atoms with Gasteiger partial charge in [-0.1, -0.05) is 17.2 Å². The number of amides is 1. The quantitative estimate of drug-likeness (QED) is 0.533. The molecule has 1 amide bonds. The third kappa shape index (κ3) is 5.82. The van der Waals surface area contributed by atoms with Crippen LogP contribution < -0.4 is 14.8 Å². The molecule has 0 aliphatic carbocycles. The Morgan fingerprint density at radius 1 is 1.00 bits per heavy atom. The molecule has 1 aromatic heterocycles. The van der Waals surface area contributed by atoms with E-state index >= 15 is 0 Å². The largest absolute Gasteiger partial charge is 0.490 e. The fourth-order valence-electron chi connectivity index (χ4n) is 2.78. The Hall–Kier alpha value is -3.40. The maximum Gasteiger partial charge on any atom is 0.322 e. The molecule has 9 nitrogen and oxygen atoms in total. The minimum atomic E-state index is -3.28. The smallest absolute Gasteiger partial charge is 0.322 e. The first kappa shape index (κ1) is 22.3. The van der Waals surface area contributed by atoms with Gasteiger partial charge < -0.3 is 13.9 Å². The predicted octanol–water partition coefficient (Wildman–Crippen LogP) is 3.12. The molecule has 0 bridgehead atoms. The molecule has 3 rings (SSSR count). The van der Waals surface area contributed by atoms with E-state index < -0.39 is 9.84 Å². The Kier molecular flexibility index (Phi) is 6.91. The first-order valence-corrected chi connectivity index (χ1v) is 11.5. The highest BCUT2D eigenvalue weighted by Gasteiger charge is 2.15. The van der Waals surface area contributed by atoms with Crippen molar-refractivity contribution in [3.05, 3.63) is 48.0 Å². The van der Waals surface area contributed by atoms with Crippen molar-refractivity contribution in [3.8, 4) is 23.0 Å². The highest BCUT2D eigenvalue weighted by molar-refractivity contribution is 7.90. The van der Waals surface area contributed by atoms with Gasteiger partial charge in [-0.2, -0.15) is 0 Å². The second-order valence-electron chi connectivity index (χ2n) is 6.58. The van der Waals surface area contributed by atoms with Crippen molar-refractivity contribution in [2.75, 3.05) is 24.8 Å². The zero-order chi connectivity index (χ0) is 22.4. The van der Waals surface area contributed by atoms with Gasteiger partial charge in [-0.25, -0.2) is 8.42 Å². The van der Waals surface area contributed by atoms with Crippen LogP contribution in [0.3, 0.4) is 0 Å². The highest BCUT2D eigenvalue weighted by atomic mass is 32.2. The molecular weight excluding hydrogens is 422 g/mol. The van der Waals surface area contributed by atoms with E-state index in [4.69, 9.17) is 13.9 Å². The molecule has 1 N–H and O–H groups in total. The second-order valence-corrected chi connectivity index (χ2v) is 8.60. The fourth-order valence-corrected chi connectivity index (χ4v) is 3.41. The van der Waals surface area contributed by atoms with Crippen LogP contribution in [-0.4, -0.2) is 44.0 Å². The van der Waals surface area contributed by atoms with Crippen LogP contribution in [0.15, 0.2) is 51.8 Å². The van der Waals surface area contributed by atoms with Crippen LogP contribution in [0.1, 0.15) is 19.4 Å². The van der Waals surface area contributed by atoms with Gasteiger partial charge in [0.2, 0.25) is 11.8 Å². The Balaban J connectivity index is 1.68. The molecule has 31 heavy (non-hydrogen) atoms. The molecule has 2 aromatic carbocycles. The van der Waals surface area contributed by atoms with Crippen LogP contribution in [0.5, 0.6) is 11.5 Å². The average molecular weight is 445 g/mol. The highest BCUT2D eigenvalue weighted by Crippen LogP contribution is 2.32. The molecule has 0 atom stereocenters. The number of sulfone groups is 1. The Morgan fingerprint density at radius 3 is 2.32 bits per heavy atom. The Bertz CT molecular complexity index is 1160. The van der Waals surface area contributed by atoms with Crippen molar-refractivity contribution in [3.63, 3.8) is 0 Å². The topological polar surface area (TPSA) is 121 Å². The summed E-state index contributed by atoms with van der Waals surface area (Å²) in [6.45, 7) is 4.74. The van der Waals surface area contributed by atoms with Crippen LogP contribution in [-0.2, 0) is 21.1 Å². The number of ether oxygens (including phenoxy) is 2. The zero-order valence-electron chi connectivity index (χ0n) is 17.4. The van der Waals surface area contributed by atoms with Gasteiger partial charge in [0.1, 0.15) is 0 Å². The number of nitrogens with zero attached hydrogens (tertiary/aromatic N) is 2. The molecule has 0 fully saturated rings. The van der Waals surface area contributed by atoms with E-state index in [-0.39, 0.29) is 29.1 Å². The minimum Gasteiger partial charge on any atom is -0.490 e. The summed E-state index contributed by atoms with van der Waals surface area (Å²) in [5.41, 5.74) is 1.27. The lowest BCUT2D eigenvalue weighted by molar-refractivity contribution is -0.115. The summed E-state index contributed by atoms with van der Waals surface area (Å²) in [6.07, 6.45) is 1.16. The lowest BCUT2D eigenvalue weighted by Crippen LogP contribution is -2.14. The molecule has 0 saturated carbocycles. The number of carbonyl (C=O) groups is 1. The molecule has 0 aliphatic rings. The molecule has 3 aromatic rings. The van der Waals surface area contributed by atoms with Crippen molar-refractivity contribution in [2.45, 2.75) is 25.2 Å². The van der Waals surface area contributed by atoms with Crippen molar-refractivity contribution in [1.82, 2.24) is 10.2 Å².